The normalized spacial score (nSPS) is 22.3. The number of carbonyl (C=O) groups excluding carboxylic acids is 1. The van der Waals surface area contributed by atoms with Gasteiger partial charge in [0.15, 0.2) is 0 Å². The van der Waals surface area contributed by atoms with E-state index >= 15 is 0 Å². The lowest BCUT2D eigenvalue weighted by Crippen LogP contribution is -2.44. The van der Waals surface area contributed by atoms with Crippen molar-refractivity contribution in [1.29, 1.82) is 0 Å². The standard InChI is InChI=1S/C20H25F3N2O/c21-20(22,23)17-9-6-16(7-10-17)8-11-19(26)25-14-4-5-18(25)15-24-12-2-1-3-13-24/h6-11,18H,1-5,12-15H2/b11-8+. The van der Waals surface area contributed by atoms with Crippen molar-refractivity contribution in [2.45, 2.75) is 44.3 Å². The number of rotatable bonds is 4. The van der Waals surface area contributed by atoms with Crippen molar-refractivity contribution >= 4 is 12.0 Å². The molecular weight excluding hydrogens is 341 g/mol. The number of carbonyl (C=O) groups is 1. The van der Waals surface area contributed by atoms with E-state index in [0.717, 1.165) is 51.2 Å². The number of likely N-dealkylation sites (tertiary alicyclic amines) is 2. The molecule has 6 heteroatoms. The lowest BCUT2D eigenvalue weighted by molar-refractivity contribution is -0.137. The summed E-state index contributed by atoms with van der Waals surface area (Å²) in [6.45, 7) is 3.91. The van der Waals surface area contributed by atoms with Crippen LogP contribution in [0.15, 0.2) is 30.3 Å². The van der Waals surface area contributed by atoms with Crippen LogP contribution in [0.4, 0.5) is 13.2 Å². The predicted octanol–water partition coefficient (Wildman–Crippen LogP) is 4.20. The van der Waals surface area contributed by atoms with Gasteiger partial charge in [-0.3, -0.25) is 4.79 Å². The average molecular weight is 366 g/mol. The van der Waals surface area contributed by atoms with Gasteiger partial charge in [-0.2, -0.15) is 13.2 Å². The van der Waals surface area contributed by atoms with E-state index in [4.69, 9.17) is 0 Å². The zero-order chi connectivity index (χ0) is 18.6. The second-order valence-corrected chi connectivity index (χ2v) is 7.14. The highest BCUT2D eigenvalue weighted by molar-refractivity contribution is 5.92. The number of halogens is 3. The molecule has 1 amide bonds. The smallest absolute Gasteiger partial charge is 0.335 e. The monoisotopic (exact) mass is 366 g/mol. The van der Waals surface area contributed by atoms with Gasteiger partial charge in [-0.25, -0.2) is 0 Å². The SMILES string of the molecule is O=C(/C=C/c1ccc(C(F)(F)F)cc1)N1CCCC1CN1CCCCC1. The molecule has 1 unspecified atom stereocenters. The maximum absolute atomic E-state index is 12.6. The molecule has 1 aromatic carbocycles. The van der Waals surface area contributed by atoms with Gasteiger partial charge in [0.1, 0.15) is 0 Å². The summed E-state index contributed by atoms with van der Waals surface area (Å²) in [5.74, 6) is -0.0515. The molecule has 0 N–H and O–H groups in total. The molecule has 1 atom stereocenters. The van der Waals surface area contributed by atoms with Crippen LogP contribution >= 0.6 is 0 Å². The molecule has 2 heterocycles. The Morgan fingerprint density at radius 1 is 1.04 bits per heavy atom. The van der Waals surface area contributed by atoms with Crippen molar-refractivity contribution in [3.63, 3.8) is 0 Å². The average Bonchev–Trinajstić information content (AvgIpc) is 3.08. The molecule has 2 fully saturated rings. The van der Waals surface area contributed by atoms with Crippen LogP contribution < -0.4 is 0 Å². The highest BCUT2D eigenvalue weighted by atomic mass is 19.4. The number of nitrogens with zero attached hydrogens (tertiary/aromatic N) is 2. The summed E-state index contributed by atoms with van der Waals surface area (Å²) in [5.41, 5.74) is -0.0831. The first-order valence-electron chi connectivity index (χ1n) is 9.32. The van der Waals surface area contributed by atoms with Crippen LogP contribution in [0.2, 0.25) is 0 Å². The molecule has 26 heavy (non-hydrogen) atoms. The van der Waals surface area contributed by atoms with E-state index in [1.807, 2.05) is 4.90 Å². The Labute approximate surface area is 152 Å². The molecule has 0 radical (unpaired) electrons. The van der Waals surface area contributed by atoms with Gasteiger partial charge in [0.2, 0.25) is 5.91 Å². The van der Waals surface area contributed by atoms with Crippen LogP contribution in [-0.2, 0) is 11.0 Å². The minimum Gasteiger partial charge on any atom is -0.335 e. The fourth-order valence-electron chi connectivity index (χ4n) is 3.80. The predicted molar refractivity (Wildman–Crippen MR) is 95.5 cm³/mol. The first-order valence-corrected chi connectivity index (χ1v) is 9.32. The molecule has 0 saturated carbocycles. The minimum absolute atomic E-state index is 0.0515. The van der Waals surface area contributed by atoms with Crippen molar-refractivity contribution in [1.82, 2.24) is 9.80 Å². The van der Waals surface area contributed by atoms with Gasteiger partial charge in [-0.1, -0.05) is 18.6 Å². The fraction of sp³-hybridized carbons (Fsp3) is 0.550. The van der Waals surface area contributed by atoms with Gasteiger partial charge in [0.05, 0.1) is 5.56 Å². The van der Waals surface area contributed by atoms with Crippen molar-refractivity contribution < 1.29 is 18.0 Å². The number of piperidine rings is 1. The molecule has 1 aromatic rings. The Morgan fingerprint density at radius 3 is 2.38 bits per heavy atom. The van der Waals surface area contributed by atoms with E-state index in [-0.39, 0.29) is 11.9 Å². The maximum Gasteiger partial charge on any atom is 0.416 e. The third kappa shape index (κ3) is 4.87. The lowest BCUT2D eigenvalue weighted by Gasteiger charge is -2.32. The quantitative estimate of drug-likeness (QED) is 0.746. The molecule has 142 valence electrons. The summed E-state index contributed by atoms with van der Waals surface area (Å²) in [7, 11) is 0. The van der Waals surface area contributed by atoms with Gasteiger partial charge in [0.25, 0.3) is 0 Å². The fourth-order valence-corrected chi connectivity index (χ4v) is 3.80. The van der Waals surface area contributed by atoms with Crippen LogP contribution in [0.3, 0.4) is 0 Å². The van der Waals surface area contributed by atoms with Crippen molar-refractivity contribution in [3.8, 4) is 0 Å². The summed E-state index contributed by atoms with van der Waals surface area (Å²) in [6.07, 6.45) is 4.53. The molecular formula is C20H25F3N2O. The molecule has 3 nitrogen and oxygen atoms in total. The third-order valence-corrected chi connectivity index (χ3v) is 5.23. The number of amides is 1. The topological polar surface area (TPSA) is 23.6 Å². The minimum atomic E-state index is -4.34. The van der Waals surface area contributed by atoms with E-state index in [2.05, 4.69) is 4.90 Å². The van der Waals surface area contributed by atoms with E-state index in [1.54, 1.807) is 6.08 Å². The van der Waals surface area contributed by atoms with Gasteiger partial charge in [0, 0.05) is 25.2 Å². The van der Waals surface area contributed by atoms with Crippen LogP contribution in [0.1, 0.15) is 43.2 Å². The zero-order valence-electron chi connectivity index (χ0n) is 14.8. The Morgan fingerprint density at radius 2 is 1.73 bits per heavy atom. The van der Waals surface area contributed by atoms with Gasteiger partial charge < -0.3 is 9.80 Å². The van der Waals surface area contributed by atoms with Gasteiger partial charge in [-0.05, 0) is 62.5 Å². The van der Waals surface area contributed by atoms with Crippen molar-refractivity contribution in [2.75, 3.05) is 26.2 Å². The molecule has 0 aliphatic carbocycles. The van der Waals surface area contributed by atoms with Crippen molar-refractivity contribution in [2.24, 2.45) is 0 Å². The zero-order valence-corrected chi connectivity index (χ0v) is 14.8. The van der Waals surface area contributed by atoms with Crippen LogP contribution in [0, 0.1) is 0 Å². The van der Waals surface area contributed by atoms with E-state index < -0.39 is 11.7 Å². The van der Waals surface area contributed by atoms with E-state index in [9.17, 15) is 18.0 Å². The van der Waals surface area contributed by atoms with Crippen LogP contribution in [-0.4, -0.2) is 47.9 Å². The molecule has 2 aliphatic heterocycles. The summed E-state index contributed by atoms with van der Waals surface area (Å²) in [4.78, 5) is 16.9. The number of alkyl halides is 3. The van der Waals surface area contributed by atoms with Gasteiger partial charge in [-0.15, -0.1) is 0 Å². The number of benzene rings is 1. The highest BCUT2D eigenvalue weighted by Crippen LogP contribution is 2.29. The third-order valence-electron chi connectivity index (χ3n) is 5.23. The highest BCUT2D eigenvalue weighted by Gasteiger charge is 2.30. The maximum atomic E-state index is 12.6. The number of hydrogen-bond acceptors (Lipinski definition) is 2. The lowest BCUT2D eigenvalue weighted by atomic mass is 10.1. The molecule has 2 saturated heterocycles. The second kappa shape index (κ2) is 8.25. The first kappa shape index (κ1) is 19.0. The first-order chi connectivity index (χ1) is 12.4. The Balaban J connectivity index is 1.58. The Hall–Kier alpha value is -1.82. The Bertz CT molecular complexity index is 633. The van der Waals surface area contributed by atoms with E-state index in [0.29, 0.717) is 5.56 Å². The molecule has 0 aromatic heterocycles. The molecule has 0 bridgehead atoms. The molecule has 2 aliphatic rings. The van der Waals surface area contributed by atoms with E-state index in [1.165, 1.54) is 37.5 Å². The summed E-state index contributed by atoms with van der Waals surface area (Å²) in [5, 5.41) is 0. The number of hydrogen-bond donors (Lipinski definition) is 0. The van der Waals surface area contributed by atoms with Crippen LogP contribution in [0.25, 0.3) is 6.08 Å². The summed E-state index contributed by atoms with van der Waals surface area (Å²) in [6, 6.07) is 5.11. The molecule has 3 rings (SSSR count). The summed E-state index contributed by atoms with van der Waals surface area (Å²) < 4.78 is 37.8. The van der Waals surface area contributed by atoms with Crippen LogP contribution in [0.5, 0.6) is 0 Å². The van der Waals surface area contributed by atoms with Crippen molar-refractivity contribution in [3.05, 3.63) is 41.5 Å². The van der Waals surface area contributed by atoms with Gasteiger partial charge >= 0.3 is 6.18 Å². The second-order valence-electron chi connectivity index (χ2n) is 7.14. The summed E-state index contributed by atoms with van der Waals surface area (Å²) >= 11 is 0. The Kier molecular flexibility index (Phi) is 6.01. The molecule has 0 spiro atoms. The largest absolute Gasteiger partial charge is 0.416 e.